The van der Waals surface area contributed by atoms with Gasteiger partial charge in [-0.15, -0.1) is 12.4 Å². The first-order valence-corrected chi connectivity index (χ1v) is 7.60. The van der Waals surface area contributed by atoms with Crippen LogP contribution in [0.3, 0.4) is 0 Å². The first-order chi connectivity index (χ1) is 11.3. The number of rotatable bonds is 5. The van der Waals surface area contributed by atoms with E-state index >= 15 is 0 Å². The molecule has 6 nitrogen and oxygen atoms in total. The van der Waals surface area contributed by atoms with Crippen LogP contribution < -0.4 is 11.1 Å². The van der Waals surface area contributed by atoms with Gasteiger partial charge in [0.05, 0.1) is 15.6 Å². The van der Waals surface area contributed by atoms with E-state index in [9.17, 15) is 14.7 Å². The molecule has 0 fully saturated rings. The smallest absolute Gasteiger partial charge is 0.320 e. The van der Waals surface area contributed by atoms with Crippen LogP contribution in [0.15, 0.2) is 36.4 Å². The van der Waals surface area contributed by atoms with Gasteiger partial charge in [-0.2, -0.15) is 0 Å². The van der Waals surface area contributed by atoms with Crippen LogP contribution in [-0.2, 0) is 11.2 Å². The Morgan fingerprint density at radius 1 is 1.12 bits per heavy atom. The molecule has 2 aromatic carbocycles. The summed E-state index contributed by atoms with van der Waals surface area (Å²) in [7, 11) is 0. The lowest BCUT2D eigenvalue weighted by Gasteiger charge is -2.10. The summed E-state index contributed by atoms with van der Waals surface area (Å²) in [6.07, 6.45) is 0.180. The van der Waals surface area contributed by atoms with Crippen molar-refractivity contribution in [1.29, 1.82) is 0 Å². The van der Waals surface area contributed by atoms with Crippen molar-refractivity contribution in [2.75, 3.05) is 5.32 Å². The number of nitrogens with two attached hydrogens (primary N) is 1. The third-order valence-electron chi connectivity index (χ3n) is 3.24. The van der Waals surface area contributed by atoms with Crippen LogP contribution in [0.5, 0.6) is 5.75 Å². The number of phenolic OH excluding ortho intramolecular Hbond substituents is 1. The Bertz CT molecular complexity index is 758. The number of hydrogen-bond donors (Lipinski definition) is 4. The zero-order valence-electron chi connectivity index (χ0n) is 12.7. The molecule has 1 amide bonds. The average molecular weight is 406 g/mol. The minimum absolute atomic E-state index is 0. The molecule has 25 heavy (non-hydrogen) atoms. The maximum Gasteiger partial charge on any atom is 0.320 e. The fourth-order valence-electron chi connectivity index (χ4n) is 2.04. The lowest BCUT2D eigenvalue weighted by Crippen LogP contribution is -2.32. The molecule has 0 saturated carbocycles. The normalized spacial score (nSPS) is 11.3. The largest absolute Gasteiger partial charge is 0.508 e. The lowest BCUT2D eigenvalue weighted by atomic mass is 10.1. The summed E-state index contributed by atoms with van der Waals surface area (Å²) in [4.78, 5) is 23.0. The number of carbonyl (C=O) groups is 2. The number of halogens is 3. The fraction of sp³-hybridized carbons (Fsp3) is 0.125. The van der Waals surface area contributed by atoms with Crippen molar-refractivity contribution in [3.63, 3.8) is 0 Å². The molecule has 0 heterocycles. The molecule has 0 aliphatic rings. The van der Waals surface area contributed by atoms with Gasteiger partial charge in [-0.25, -0.2) is 0 Å². The van der Waals surface area contributed by atoms with Gasteiger partial charge in [-0.05, 0) is 36.2 Å². The van der Waals surface area contributed by atoms with E-state index in [0.717, 1.165) is 5.56 Å². The number of aliphatic carboxylic acids is 1. The third-order valence-corrected chi connectivity index (χ3v) is 3.83. The van der Waals surface area contributed by atoms with E-state index in [4.69, 9.17) is 34.0 Å². The average Bonchev–Trinajstić information content (AvgIpc) is 2.48. The van der Waals surface area contributed by atoms with Crippen LogP contribution in [0.2, 0.25) is 10.0 Å². The number of carboxylic acid groups (broad SMARTS) is 1. The van der Waals surface area contributed by atoms with E-state index in [1.807, 2.05) is 0 Å². The molecule has 9 heteroatoms. The van der Waals surface area contributed by atoms with Crippen LogP contribution in [-0.4, -0.2) is 28.1 Å². The minimum atomic E-state index is -1.08. The molecule has 0 bridgehead atoms. The predicted molar refractivity (Wildman–Crippen MR) is 99.1 cm³/mol. The Kier molecular flexibility index (Phi) is 7.51. The first-order valence-electron chi connectivity index (χ1n) is 6.84. The van der Waals surface area contributed by atoms with Gasteiger partial charge >= 0.3 is 5.97 Å². The second-order valence-corrected chi connectivity index (χ2v) is 5.90. The highest BCUT2D eigenvalue weighted by Crippen LogP contribution is 2.30. The maximum atomic E-state index is 12.3. The fourth-order valence-corrected chi connectivity index (χ4v) is 2.68. The second kappa shape index (κ2) is 8.92. The van der Waals surface area contributed by atoms with Crippen LogP contribution >= 0.6 is 35.6 Å². The Hall–Kier alpha value is -1.99. The molecule has 1 unspecified atom stereocenters. The third kappa shape index (κ3) is 5.51. The summed E-state index contributed by atoms with van der Waals surface area (Å²) in [5.41, 5.74) is 6.72. The molecule has 2 aromatic rings. The summed E-state index contributed by atoms with van der Waals surface area (Å²) in [5, 5.41) is 20.9. The highest BCUT2D eigenvalue weighted by atomic mass is 35.5. The van der Waals surface area contributed by atoms with Crippen molar-refractivity contribution >= 4 is 53.2 Å². The molecule has 0 aromatic heterocycles. The molecule has 0 saturated heterocycles. The van der Waals surface area contributed by atoms with Gasteiger partial charge in [-0.3, -0.25) is 9.59 Å². The quantitative estimate of drug-likeness (QED) is 0.609. The molecule has 134 valence electrons. The summed E-state index contributed by atoms with van der Waals surface area (Å²) < 4.78 is 0. The van der Waals surface area contributed by atoms with E-state index in [1.54, 1.807) is 24.3 Å². The standard InChI is InChI=1S/C16H14Cl2N2O4.ClH/c17-11-6-10(21)7-12(18)14(11)15(22)20-9-3-1-8(2-4-9)5-13(19)16(23)24;/h1-4,6-7,13,21H,5,19H2,(H,20,22)(H,23,24);1H. The highest BCUT2D eigenvalue weighted by Gasteiger charge is 2.17. The topological polar surface area (TPSA) is 113 Å². The zero-order chi connectivity index (χ0) is 17.9. The number of amides is 1. The number of nitrogens with one attached hydrogen (secondary N) is 1. The monoisotopic (exact) mass is 404 g/mol. The molecule has 0 spiro atoms. The van der Waals surface area contributed by atoms with Gasteiger partial charge in [0.15, 0.2) is 0 Å². The lowest BCUT2D eigenvalue weighted by molar-refractivity contribution is -0.138. The summed E-state index contributed by atoms with van der Waals surface area (Å²) in [5.74, 6) is -1.75. The Morgan fingerprint density at radius 2 is 1.64 bits per heavy atom. The number of anilines is 1. The molecule has 0 aliphatic carbocycles. The number of hydrogen-bond acceptors (Lipinski definition) is 4. The Morgan fingerprint density at radius 3 is 2.12 bits per heavy atom. The predicted octanol–water partition coefficient (Wildman–Crippen LogP) is 3.33. The van der Waals surface area contributed by atoms with Crippen LogP contribution in [0.4, 0.5) is 5.69 Å². The molecule has 1 atom stereocenters. The van der Waals surface area contributed by atoms with Crippen molar-refractivity contribution < 1.29 is 19.8 Å². The number of carbonyl (C=O) groups excluding carboxylic acids is 1. The van der Waals surface area contributed by atoms with Crippen LogP contribution in [0.25, 0.3) is 0 Å². The van der Waals surface area contributed by atoms with Crippen molar-refractivity contribution in [3.05, 3.63) is 57.6 Å². The SMILES string of the molecule is Cl.NC(Cc1ccc(NC(=O)c2c(Cl)cc(O)cc2Cl)cc1)C(=O)O. The number of aromatic hydroxyl groups is 1. The van der Waals surface area contributed by atoms with E-state index in [1.165, 1.54) is 12.1 Å². The van der Waals surface area contributed by atoms with E-state index in [2.05, 4.69) is 5.32 Å². The molecular weight excluding hydrogens is 391 g/mol. The molecular formula is C16H15Cl3N2O4. The van der Waals surface area contributed by atoms with Gasteiger partial charge in [0.25, 0.3) is 5.91 Å². The molecule has 5 N–H and O–H groups in total. The summed E-state index contributed by atoms with van der Waals surface area (Å²) in [6.45, 7) is 0. The number of benzene rings is 2. The summed E-state index contributed by atoms with van der Waals surface area (Å²) in [6, 6.07) is 8.02. The van der Waals surface area contributed by atoms with Crippen molar-refractivity contribution in [2.24, 2.45) is 5.73 Å². The van der Waals surface area contributed by atoms with E-state index < -0.39 is 17.9 Å². The minimum Gasteiger partial charge on any atom is -0.508 e. The molecule has 0 aliphatic heterocycles. The number of phenols is 1. The van der Waals surface area contributed by atoms with Gasteiger partial charge in [0.1, 0.15) is 11.8 Å². The van der Waals surface area contributed by atoms with Gasteiger partial charge < -0.3 is 21.3 Å². The maximum absolute atomic E-state index is 12.3. The van der Waals surface area contributed by atoms with Crippen molar-refractivity contribution in [3.8, 4) is 5.75 Å². The Balaban J connectivity index is 0.00000312. The van der Waals surface area contributed by atoms with Gasteiger partial charge in [-0.1, -0.05) is 35.3 Å². The zero-order valence-corrected chi connectivity index (χ0v) is 15.0. The Labute approximate surface area is 160 Å². The number of carboxylic acids is 1. The van der Waals surface area contributed by atoms with Crippen LogP contribution in [0, 0.1) is 0 Å². The molecule has 0 radical (unpaired) electrons. The first kappa shape index (κ1) is 21.1. The second-order valence-electron chi connectivity index (χ2n) is 5.08. The van der Waals surface area contributed by atoms with Crippen molar-refractivity contribution in [2.45, 2.75) is 12.5 Å². The van der Waals surface area contributed by atoms with Gasteiger partial charge in [0.2, 0.25) is 0 Å². The summed E-state index contributed by atoms with van der Waals surface area (Å²) >= 11 is 11.9. The van der Waals surface area contributed by atoms with E-state index in [-0.39, 0.29) is 40.2 Å². The molecule has 2 rings (SSSR count). The highest BCUT2D eigenvalue weighted by molar-refractivity contribution is 6.40. The van der Waals surface area contributed by atoms with E-state index in [0.29, 0.717) is 5.69 Å². The van der Waals surface area contributed by atoms with Gasteiger partial charge in [0, 0.05) is 5.69 Å². The van der Waals surface area contributed by atoms with Crippen molar-refractivity contribution in [1.82, 2.24) is 0 Å². The van der Waals surface area contributed by atoms with Crippen LogP contribution in [0.1, 0.15) is 15.9 Å².